The number of rotatable bonds is 3. The maximum absolute atomic E-state index is 12.2. The van der Waals surface area contributed by atoms with E-state index in [4.69, 9.17) is 9.47 Å². The van der Waals surface area contributed by atoms with Crippen LogP contribution in [0.25, 0.3) is 0 Å². The third-order valence-electron chi connectivity index (χ3n) is 3.32. The molecule has 0 saturated carbocycles. The molecular weight excluding hydrogens is 284 g/mol. The molecule has 0 atom stereocenters. The van der Waals surface area contributed by atoms with Gasteiger partial charge in [-0.25, -0.2) is 4.79 Å². The maximum Gasteiger partial charge on any atom is 0.321 e. The highest BCUT2D eigenvalue weighted by molar-refractivity contribution is 5.89. The summed E-state index contributed by atoms with van der Waals surface area (Å²) in [5.41, 5.74) is 1.65. The standard InChI is InChI=1S/C15H18N4O3/c1-18(9-11-8-16-19(2)10-11)15(20)17-12-3-4-13-14(7-12)22-6-5-21-13/h3-4,7-8,10H,5-6,9H2,1-2H3,(H,17,20). The lowest BCUT2D eigenvalue weighted by molar-refractivity contribution is 0.171. The first-order valence-corrected chi connectivity index (χ1v) is 7.01. The number of carbonyl (C=O) groups is 1. The average Bonchev–Trinajstić information content (AvgIpc) is 2.92. The fraction of sp³-hybridized carbons (Fsp3) is 0.333. The number of fused-ring (bicyclic) bond motifs is 1. The van der Waals surface area contributed by atoms with Crippen LogP contribution in [0.5, 0.6) is 11.5 Å². The van der Waals surface area contributed by atoms with E-state index in [2.05, 4.69) is 10.4 Å². The molecule has 2 amide bonds. The fourth-order valence-electron chi connectivity index (χ4n) is 2.24. The molecule has 0 saturated heterocycles. The highest BCUT2D eigenvalue weighted by Crippen LogP contribution is 2.32. The summed E-state index contributed by atoms with van der Waals surface area (Å²) in [6.07, 6.45) is 3.63. The number of hydrogen-bond acceptors (Lipinski definition) is 4. The zero-order chi connectivity index (χ0) is 15.5. The molecule has 1 N–H and O–H groups in total. The Morgan fingerprint density at radius 2 is 2.14 bits per heavy atom. The molecule has 0 spiro atoms. The second-order valence-electron chi connectivity index (χ2n) is 5.17. The second kappa shape index (κ2) is 5.97. The minimum Gasteiger partial charge on any atom is -0.486 e. The van der Waals surface area contributed by atoms with Crippen LogP contribution in [0.1, 0.15) is 5.56 Å². The largest absolute Gasteiger partial charge is 0.486 e. The van der Waals surface area contributed by atoms with Crippen LogP contribution < -0.4 is 14.8 Å². The molecule has 1 aliphatic rings. The van der Waals surface area contributed by atoms with E-state index in [1.165, 1.54) is 0 Å². The molecule has 1 aromatic heterocycles. The summed E-state index contributed by atoms with van der Waals surface area (Å²) in [6, 6.07) is 5.17. The number of aromatic nitrogens is 2. The van der Waals surface area contributed by atoms with E-state index in [1.807, 2.05) is 13.2 Å². The van der Waals surface area contributed by atoms with Crippen molar-refractivity contribution in [2.24, 2.45) is 7.05 Å². The van der Waals surface area contributed by atoms with E-state index in [9.17, 15) is 4.79 Å². The number of urea groups is 1. The quantitative estimate of drug-likeness (QED) is 0.939. The van der Waals surface area contributed by atoms with Crippen LogP contribution in [0.2, 0.25) is 0 Å². The lowest BCUT2D eigenvalue weighted by Gasteiger charge is -2.20. The van der Waals surface area contributed by atoms with Crippen molar-refractivity contribution in [1.82, 2.24) is 14.7 Å². The van der Waals surface area contributed by atoms with E-state index >= 15 is 0 Å². The molecule has 0 bridgehead atoms. The summed E-state index contributed by atoms with van der Waals surface area (Å²) in [4.78, 5) is 13.8. The predicted octanol–water partition coefficient (Wildman–Crippen LogP) is 1.86. The van der Waals surface area contributed by atoms with Crippen molar-refractivity contribution < 1.29 is 14.3 Å². The summed E-state index contributed by atoms with van der Waals surface area (Å²) >= 11 is 0. The van der Waals surface area contributed by atoms with Crippen LogP contribution >= 0.6 is 0 Å². The molecule has 0 unspecified atom stereocenters. The van der Waals surface area contributed by atoms with Gasteiger partial charge in [0.05, 0.1) is 12.7 Å². The van der Waals surface area contributed by atoms with Gasteiger partial charge in [0, 0.05) is 37.6 Å². The Hall–Kier alpha value is -2.70. The smallest absolute Gasteiger partial charge is 0.321 e. The van der Waals surface area contributed by atoms with Gasteiger partial charge in [-0.15, -0.1) is 0 Å². The Bertz CT molecular complexity index is 683. The van der Waals surface area contributed by atoms with Crippen LogP contribution in [-0.4, -0.2) is 41.0 Å². The lowest BCUT2D eigenvalue weighted by Crippen LogP contribution is -2.30. The Balaban J connectivity index is 1.63. The van der Waals surface area contributed by atoms with E-state index in [0.29, 0.717) is 36.9 Å². The van der Waals surface area contributed by atoms with Crippen molar-refractivity contribution in [2.45, 2.75) is 6.54 Å². The van der Waals surface area contributed by atoms with Gasteiger partial charge in [-0.1, -0.05) is 0 Å². The minimum absolute atomic E-state index is 0.194. The molecule has 2 aromatic rings. The SMILES string of the molecule is CN(Cc1cnn(C)c1)C(=O)Nc1ccc2c(c1)OCCO2. The van der Waals surface area contributed by atoms with Crippen molar-refractivity contribution >= 4 is 11.7 Å². The lowest BCUT2D eigenvalue weighted by atomic mass is 10.2. The summed E-state index contributed by atoms with van der Waals surface area (Å²) in [5.74, 6) is 1.35. The fourth-order valence-corrected chi connectivity index (χ4v) is 2.24. The normalized spacial score (nSPS) is 12.8. The first kappa shape index (κ1) is 14.2. The average molecular weight is 302 g/mol. The molecule has 0 aliphatic carbocycles. The number of carbonyl (C=O) groups excluding carboxylic acids is 1. The van der Waals surface area contributed by atoms with Crippen LogP contribution in [0, 0.1) is 0 Å². The van der Waals surface area contributed by atoms with Crippen LogP contribution in [0.3, 0.4) is 0 Å². The molecule has 116 valence electrons. The predicted molar refractivity (Wildman–Crippen MR) is 81.1 cm³/mol. The molecule has 0 fully saturated rings. The first-order chi connectivity index (χ1) is 10.6. The van der Waals surface area contributed by atoms with Crippen molar-refractivity contribution in [3.05, 3.63) is 36.2 Å². The minimum atomic E-state index is -0.194. The van der Waals surface area contributed by atoms with Gasteiger partial charge >= 0.3 is 6.03 Å². The zero-order valence-electron chi connectivity index (χ0n) is 12.6. The first-order valence-electron chi connectivity index (χ1n) is 7.01. The number of nitrogens with zero attached hydrogens (tertiary/aromatic N) is 3. The van der Waals surface area contributed by atoms with Crippen molar-refractivity contribution in [3.8, 4) is 11.5 Å². The molecule has 3 rings (SSSR count). The summed E-state index contributed by atoms with van der Waals surface area (Å²) in [6.45, 7) is 1.56. The number of aryl methyl sites for hydroxylation is 1. The monoisotopic (exact) mass is 302 g/mol. The van der Waals surface area contributed by atoms with Gasteiger partial charge in [0.15, 0.2) is 11.5 Å². The van der Waals surface area contributed by atoms with Gasteiger partial charge in [0.25, 0.3) is 0 Å². The molecule has 2 heterocycles. The second-order valence-corrected chi connectivity index (χ2v) is 5.17. The summed E-state index contributed by atoms with van der Waals surface area (Å²) < 4.78 is 12.7. The number of hydrogen-bond donors (Lipinski definition) is 1. The molecule has 7 nitrogen and oxygen atoms in total. The topological polar surface area (TPSA) is 68.6 Å². The molecule has 1 aliphatic heterocycles. The summed E-state index contributed by atoms with van der Waals surface area (Å²) in [7, 11) is 3.58. The molecule has 0 radical (unpaired) electrons. The third-order valence-corrected chi connectivity index (χ3v) is 3.32. The highest BCUT2D eigenvalue weighted by Gasteiger charge is 2.14. The summed E-state index contributed by atoms with van der Waals surface area (Å²) in [5, 5.41) is 6.93. The Morgan fingerprint density at radius 1 is 1.36 bits per heavy atom. The zero-order valence-corrected chi connectivity index (χ0v) is 12.6. The molecule has 1 aromatic carbocycles. The van der Waals surface area contributed by atoms with Crippen molar-refractivity contribution in [2.75, 3.05) is 25.6 Å². The Morgan fingerprint density at radius 3 is 2.86 bits per heavy atom. The number of ether oxygens (including phenoxy) is 2. The Kier molecular flexibility index (Phi) is 3.86. The van der Waals surface area contributed by atoms with Crippen LogP contribution in [0.15, 0.2) is 30.6 Å². The van der Waals surface area contributed by atoms with Crippen molar-refractivity contribution in [3.63, 3.8) is 0 Å². The molecule has 22 heavy (non-hydrogen) atoms. The maximum atomic E-state index is 12.2. The number of nitrogens with one attached hydrogen (secondary N) is 1. The molecule has 7 heteroatoms. The van der Waals surface area contributed by atoms with Crippen molar-refractivity contribution in [1.29, 1.82) is 0 Å². The van der Waals surface area contributed by atoms with Gasteiger partial charge in [-0.2, -0.15) is 5.10 Å². The Labute approximate surface area is 128 Å². The van der Waals surface area contributed by atoms with Crippen LogP contribution in [-0.2, 0) is 13.6 Å². The van der Waals surface area contributed by atoms with E-state index in [0.717, 1.165) is 5.56 Å². The highest BCUT2D eigenvalue weighted by atomic mass is 16.6. The number of benzene rings is 1. The van der Waals surface area contributed by atoms with Crippen LogP contribution in [0.4, 0.5) is 10.5 Å². The van der Waals surface area contributed by atoms with E-state index < -0.39 is 0 Å². The van der Waals surface area contributed by atoms with Gasteiger partial charge in [-0.3, -0.25) is 4.68 Å². The third kappa shape index (κ3) is 3.13. The van der Waals surface area contributed by atoms with Gasteiger partial charge in [-0.05, 0) is 12.1 Å². The van der Waals surface area contributed by atoms with Gasteiger partial charge in [0.2, 0.25) is 0 Å². The van der Waals surface area contributed by atoms with E-state index in [-0.39, 0.29) is 6.03 Å². The molecular formula is C15H18N4O3. The van der Waals surface area contributed by atoms with E-state index in [1.54, 1.807) is 41.0 Å². The van der Waals surface area contributed by atoms with Gasteiger partial charge in [0.1, 0.15) is 13.2 Å². The number of anilines is 1. The number of amides is 2. The van der Waals surface area contributed by atoms with Gasteiger partial charge < -0.3 is 19.7 Å².